The highest BCUT2D eigenvalue weighted by Crippen LogP contribution is 2.22. The summed E-state index contributed by atoms with van der Waals surface area (Å²) in [5.74, 6) is 2.72. The number of methoxy groups -OCH3 is 1. The predicted molar refractivity (Wildman–Crippen MR) is 84.9 cm³/mol. The van der Waals surface area contributed by atoms with E-state index in [9.17, 15) is 0 Å². The lowest BCUT2D eigenvalue weighted by atomic mass is 10.2. The summed E-state index contributed by atoms with van der Waals surface area (Å²) in [6.45, 7) is 5.87. The van der Waals surface area contributed by atoms with Crippen molar-refractivity contribution in [2.24, 2.45) is 0 Å². The lowest BCUT2D eigenvalue weighted by Crippen LogP contribution is -2.25. The molecular formula is C15H21N5O. The molecule has 0 aliphatic heterocycles. The maximum Gasteiger partial charge on any atom is 0.230 e. The minimum atomic E-state index is 0.567. The quantitative estimate of drug-likeness (QED) is 0.880. The van der Waals surface area contributed by atoms with Crippen molar-refractivity contribution in [1.82, 2.24) is 15.0 Å². The van der Waals surface area contributed by atoms with Gasteiger partial charge in [0, 0.05) is 25.7 Å². The van der Waals surface area contributed by atoms with Gasteiger partial charge in [-0.25, -0.2) is 0 Å². The minimum absolute atomic E-state index is 0.567. The second-order valence-electron chi connectivity index (χ2n) is 4.43. The van der Waals surface area contributed by atoms with Crippen molar-refractivity contribution >= 4 is 11.9 Å². The van der Waals surface area contributed by atoms with Crippen molar-refractivity contribution in [2.75, 3.05) is 37.5 Å². The maximum atomic E-state index is 5.17. The summed E-state index contributed by atoms with van der Waals surface area (Å²) < 4.78 is 5.17. The molecule has 21 heavy (non-hydrogen) atoms. The van der Waals surface area contributed by atoms with Crippen molar-refractivity contribution in [2.45, 2.75) is 13.8 Å². The second kappa shape index (κ2) is 6.88. The van der Waals surface area contributed by atoms with E-state index in [1.54, 1.807) is 14.2 Å². The molecule has 0 spiro atoms. The molecule has 1 aromatic carbocycles. The fourth-order valence-electron chi connectivity index (χ4n) is 1.99. The highest BCUT2D eigenvalue weighted by atomic mass is 16.5. The van der Waals surface area contributed by atoms with Gasteiger partial charge in [-0.1, -0.05) is 0 Å². The van der Waals surface area contributed by atoms with E-state index in [1.807, 2.05) is 24.3 Å². The van der Waals surface area contributed by atoms with Gasteiger partial charge in [0.05, 0.1) is 7.11 Å². The first kappa shape index (κ1) is 15.0. The maximum absolute atomic E-state index is 5.17. The van der Waals surface area contributed by atoms with Crippen LogP contribution in [0.4, 0.5) is 11.9 Å². The molecule has 2 aromatic rings. The van der Waals surface area contributed by atoms with Gasteiger partial charge in [0.15, 0.2) is 5.82 Å². The van der Waals surface area contributed by atoms with Gasteiger partial charge in [-0.05, 0) is 38.1 Å². The van der Waals surface area contributed by atoms with Crippen molar-refractivity contribution in [3.05, 3.63) is 24.3 Å². The van der Waals surface area contributed by atoms with Crippen molar-refractivity contribution < 1.29 is 4.74 Å². The van der Waals surface area contributed by atoms with E-state index in [1.165, 1.54) is 0 Å². The van der Waals surface area contributed by atoms with E-state index in [4.69, 9.17) is 4.74 Å². The Labute approximate surface area is 125 Å². The third-order valence-corrected chi connectivity index (χ3v) is 3.24. The molecular weight excluding hydrogens is 266 g/mol. The van der Waals surface area contributed by atoms with Gasteiger partial charge in [0.25, 0.3) is 0 Å². The van der Waals surface area contributed by atoms with Crippen LogP contribution in [0.1, 0.15) is 13.8 Å². The summed E-state index contributed by atoms with van der Waals surface area (Å²) in [6, 6.07) is 7.68. The molecule has 0 atom stereocenters. The summed E-state index contributed by atoms with van der Waals surface area (Å²) in [4.78, 5) is 15.5. The van der Waals surface area contributed by atoms with Gasteiger partial charge in [-0.2, -0.15) is 15.0 Å². The Morgan fingerprint density at radius 3 is 2.24 bits per heavy atom. The molecule has 6 heteroatoms. The Balaban J connectivity index is 2.44. The van der Waals surface area contributed by atoms with Gasteiger partial charge in [-0.15, -0.1) is 0 Å². The van der Waals surface area contributed by atoms with Crippen LogP contribution in [0, 0.1) is 0 Å². The van der Waals surface area contributed by atoms with Crippen LogP contribution in [0.2, 0.25) is 0 Å². The minimum Gasteiger partial charge on any atom is -0.497 e. The summed E-state index contributed by atoms with van der Waals surface area (Å²) in [5.41, 5.74) is 0.933. The van der Waals surface area contributed by atoms with E-state index < -0.39 is 0 Å². The Kier molecular flexibility index (Phi) is 4.92. The van der Waals surface area contributed by atoms with E-state index in [0.717, 1.165) is 24.4 Å². The molecule has 112 valence electrons. The highest BCUT2D eigenvalue weighted by Gasteiger charge is 2.11. The number of rotatable bonds is 6. The summed E-state index contributed by atoms with van der Waals surface area (Å²) in [7, 11) is 3.45. The van der Waals surface area contributed by atoms with Crippen LogP contribution in [-0.2, 0) is 0 Å². The van der Waals surface area contributed by atoms with Crippen molar-refractivity contribution in [1.29, 1.82) is 0 Å². The molecule has 0 amide bonds. The number of hydrogen-bond acceptors (Lipinski definition) is 6. The molecule has 1 heterocycles. The van der Waals surface area contributed by atoms with Gasteiger partial charge in [-0.3, -0.25) is 0 Å². The van der Waals surface area contributed by atoms with Crippen LogP contribution in [0.25, 0.3) is 11.4 Å². The van der Waals surface area contributed by atoms with Crippen LogP contribution < -0.4 is 15.0 Å². The molecule has 0 radical (unpaired) electrons. The van der Waals surface area contributed by atoms with E-state index >= 15 is 0 Å². The van der Waals surface area contributed by atoms with Gasteiger partial charge >= 0.3 is 0 Å². The lowest BCUT2D eigenvalue weighted by molar-refractivity contribution is 0.415. The third kappa shape index (κ3) is 3.39. The molecule has 0 aliphatic rings. The van der Waals surface area contributed by atoms with Gasteiger partial charge in [0.2, 0.25) is 11.9 Å². The number of anilines is 2. The fourth-order valence-corrected chi connectivity index (χ4v) is 1.99. The molecule has 0 unspecified atom stereocenters. The summed E-state index contributed by atoms with van der Waals surface area (Å²) >= 11 is 0. The number of nitrogens with zero attached hydrogens (tertiary/aromatic N) is 4. The lowest BCUT2D eigenvalue weighted by Gasteiger charge is -2.19. The van der Waals surface area contributed by atoms with Crippen LogP contribution in [0.5, 0.6) is 5.75 Å². The largest absolute Gasteiger partial charge is 0.497 e. The van der Waals surface area contributed by atoms with Gasteiger partial charge < -0.3 is 15.0 Å². The summed E-state index contributed by atoms with van der Waals surface area (Å²) in [5, 5.41) is 2.99. The van der Waals surface area contributed by atoms with Crippen LogP contribution in [0.15, 0.2) is 24.3 Å². The molecule has 0 bridgehead atoms. The van der Waals surface area contributed by atoms with E-state index in [2.05, 4.69) is 39.0 Å². The van der Waals surface area contributed by atoms with E-state index in [0.29, 0.717) is 17.7 Å². The standard InChI is InChI=1S/C15H21N5O/c1-5-20(6-2)15-18-13(17-14(16-3)19-15)11-7-9-12(21-4)10-8-11/h7-10H,5-6H2,1-4H3,(H,16,17,18,19). The normalized spacial score (nSPS) is 10.3. The molecule has 0 aliphatic carbocycles. The topological polar surface area (TPSA) is 63.2 Å². The first-order valence-electron chi connectivity index (χ1n) is 7.05. The molecule has 6 nitrogen and oxygen atoms in total. The summed E-state index contributed by atoms with van der Waals surface area (Å²) in [6.07, 6.45) is 0. The number of aromatic nitrogens is 3. The highest BCUT2D eigenvalue weighted by molar-refractivity contribution is 5.59. The smallest absolute Gasteiger partial charge is 0.230 e. The number of hydrogen-bond donors (Lipinski definition) is 1. The average molecular weight is 287 g/mol. The Hall–Kier alpha value is -2.37. The third-order valence-electron chi connectivity index (χ3n) is 3.24. The van der Waals surface area contributed by atoms with Crippen molar-refractivity contribution in [3.63, 3.8) is 0 Å². The number of nitrogens with one attached hydrogen (secondary N) is 1. The zero-order chi connectivity index (χ0) is 15.2. The molecule has 1 aromatic heterocycles. The van der Waals surface area contributed by atoms with Gasteiger partial charge in [0.1, 0.15) is 5.75 Å². The first-order chi connectivity index (χ1) is 10.2. The SMILES string of the molecule is CCN(CC)c1nc(NC)nc(-c2ccc(OC)cc2)n1. The molecule has 1 N–H and O–H groups in total. The second-order valence-corrected chi connectivity index (χ2v) is 4.43. The van der Waals surface area contributed by atoms with Crippen LogP contribution in [0.3, 0.4) is 0 Å². The Morgan fingerprint density at radius 1 is 1.05 bits per heavy atom. The Bertz CT molecular complexity index is 581. The Morgan fingerprint density at radius 2 is 1.71 bits per heavy atom. The zero-order valence-corrected chi connectivity index (χ0v) is 12.9. The number of benzene rings is 1. The monoisotopic (exact) mass is 287 g/mol. The fraction of sp³-hybridized carbons (Fsp3) is 0.400. The van der Waals surface area contributed by atoms with Crippen LogP contribution in [-0.4, -0.2) is 42.2 Å². The predicted octanol–water partition coefficient (Wildman–Crippen LogP) is 2.44. The molecule has 0 fully saturated rings. The average Bonchev–Trinajstić information content (AvgIpc) is 2.55. The van der Waals surface area contributed by atoms with Crippen molar-refractivity contribution in [3.8, 4) is 17.1 Å². The molecule has 0 saturated heterocycles. The zero-order valence-electron chi connectivity index (χ0n) is 12.9. The van der Waals surface area contributed by atoms with Crippen LogP contribution >= 0.6 is 0 Å². The first-order valence-corrected chi connectivity index (χ1v) is 7.05. The van der Waals surface area contributed by atoms with E-state index in [-0.39, 0.29) is 0 Å². The molecule has 0 saturated carbocycles. The number of ether oxygens (including phenoxy) is 1. The molecule has 2 rings (SSSR count).